The number of imide groups is 1. The van der Waals surface area contributed by atoms with Gasteiger partial charge in [0.05, 0.1) is 40.9 Å². The minimum atomic E-state index is -0.472. The summed E-state index contributed by atoms with van der Waals surface area (Å²) >= 11 is 6.22. The van der Waals surface area contributed by atoms with Crippen LogP contribution in [0.25, 0.3) is 5.69 Å². The van der Waals surface area contributed by atoms with Crippen molar-refractivity contribution in [2.75, 3.05) is 18.5 Å². The van der Waals surface area contributed by atoms with Crippen molar-refractivity contribution in [1.82, 2.24) is 14.7 Å². The largest absolute Gasteiger partial charge is 0.395 e. The van der Waals surface area contributed by atoms with Crippen LogP contribution in [0.2, 0.25) is 5.02 Å². The smallest absolute Gasteiger partial charge is 0.277 e. The Morgan fingerprint density at radius 1 is 1.24 bits per heavy atom. The van der Waals surface area contributed by atoms with E-state index in [1.165, 1.54) is 6.08 Å². The summed E-state index contributed by atoms with van der Waals surface area (Å²) in [5, 5.41) is 17.0. The topological polar surface area (TPSA) is 87.5 Å². The number of benzene rings is 1. The van der Waals surface area contributed by atoms with Crippen molar-refractivity contribution < 1.29 is 14.7 Å². The SMILES string of the molecule is Cc1nn(-c2ccccc2NC2=CC(=O)N(CCO)C2=O)c(C)c1Cl. The van der Waals surface area contributed by atoms with E-state index in [9.17, 15) is 9.59 Å². The lowest BCUT2D eigenvalue weighted by Crippen LogP contribution is -2.34. The minimum Gasteiger partial charge on any atom is -0.395 e. The molecule has 0 atom stereocenters. The average molecular weight is 361 g/mol. The maximum Gasteiger partial charge on any atom is 0.277 e. The van der Waals surface area contributed by atoms with Crippen LogP contribution in [0.4, 0.5) is 5.69 Å². The molecule has 0 saturated carbocycles. The van der Waals surface area contributed by atoms with Gasteiger partial charge in [0.2, 0.25) is 0 Å². The fraction of sp³-hybridized carbons (Fsp3) is 0.235. The summed E-state index contributed by atoms with van der Waals surface area (Å²) in [5.41, 5.74) is 2.95. The molecule has 0 fully saturated rings. The van der Waals surface area contributed by atoms with E-state index in [0.717, 1.165) is 10.6 Å². The van der Waals surface area contributed by atoms with Gasteiger partial charge in [0.15, 0.2) is 0 Å². The number of halogens is 1. The minimum absolute atomic E-state index is 0.0337. The molecular formula is C17H17ClN4O3. The Morgan fingerprint density at radius 2 is 1.96 bits per heavy atom. The van der Waals surface area contributed by atoms with Crippen LogP contribution in [0.15, 0.2) is 36.0 Å². The molecule has 0 unspecified atom stereocenters. The quantitative estimate of drug-likeness (QED) is 0.794. The Kier molecular flexibility index (Phi) is 4.61. The van der Waals surface area contributed by atoms with Crippen molar-refractivity contribution in [2.24, 2.45) is 0 Å². The van der Waals surface area contributed by atoms with Crippen LogP contribution in [0.3, 0.4) is 0 Å². The number of β-amino-alcohol motifs (C(OH)–C–C–N with tert-alkyl or cyclic N) is 1. The Balaban J connectivity index is 1.95. The van der Waals surface area contributed by atoms with Crippen molar-refractivity contribution in [1.29, 1.82) is 0 Å². The van der Waals surface area contributed by atoms with Gasteiger partial charge in [0.1, 0.15) is 5.70 Å². The van der Waals surface area contributed by atoms with Crippen LogP contribution in [-0.2, 0) is 9.59 Å². The monoisotopic (exact) mass is 360 g/mol. The second-order valence-electron chi connectivity index (χ2n) is 5.62. The molecule has 7 nitrogen and oxygen atoms in total. The first-order chi connectivity index (χ1) is 11.9. The maximum absolute atomic E-state index is 12.3. The summed E-state index contributed by atoms with van der Waals surface area (Å²) in [6.45, 7) is 3.36. The van der Waals surface area contributed by atoms with Crippen molar-refractivity contribution >= 4 is 29.1 Å². The number of nitrogens with zero attached hydrogens (tertiary/aromatic N) is 3. The lowest BCUT2D eigenvalue weighted by atomic mass is 10.2. The van der Waals surface area contributed by atoms with Crippen LogP contribution in [0, 0.1) is 13.8 Å². The van der Waals surface area contributed by atoms with Gasteiger partial charge in [0.25, 0.3) is 11.8 Å². The molecule has 8 heteroatoms. The zero-order valence-electron chi connectivity index (χ0n) is 13.8. The molecule has 2 N–H and O–H groups in total. The van der Waals surface area contributed by atoms with Gasteiger partial charge in [-0.3, -0.25) is 14.5 Å². The summed E-state index contributed by atoms with van der Waals surface area (Å²) in [7, 11) is 0. The molecule has 0 aliphatic carbocycles. The van der Waals surface area contributed by atoms with E-state index in [1.54, 1.807) is 10.7 Å². The van der Waals surface area contributed by atoms with Crippen molar-refractivity contribution in [3.63, 3.8) is 0 Å². The van der Waals surface area contributed by atoms with E-state index >= 15 is 0 Å². The van der Waals surface area contributed by atoms with E-state index < -0.39 is 11.8 Å². The molecule has 130 valence electrons. The van der Waals surface area contributed by atoms with Gasteiger partial charge in [0, 0.05) is 6.08 Å². The number of aryl methyl sites for hydroxylation is 1. The van der Waals surface area contributed by atoms with Crippen LogP contribution in [0.1, 0.15) is 11.4 Å². The number of aliphatic hydroxyl groups is 1. The highest BCUT2D eigenvalue weighted by atomic mass is 35.5. The lowest BCUT2D eigenvalue weighted by molar-refractivity contribution is -0.137. The first-order valence-corrected chi connectivity index (χ1v) is 8.08. The highest BCUT2D eigenvalue weighted by molar-refractivity contribution is 6.31. The summed E-state index contributed by atoms with van der Waals surface area (Å²) in [5.74, 6) is -0.923. The third-order valence-corrected chi connectivity index (χ3v) is 4.48. The third-order valence-electron chi connectivity index (χ3n) is 3.94. The summed E-state index contributed by atoms with van der Waals surface area (Å²) < 4.78 is 1.69. The Bertz CT molecular complexity index is 888. The molecule has 2 aromatic rings. The number of aliphatic hydroxyl groups excluding tert-OH is 1. The van der Waals surface area contributed by atoms with E-state index in [0.29, 0.717) is 22.1 Å². The normalized spacial score (nSPS) is 14.2. The van der Waals surface area contributed by atoms with Crippen LogP contribution in [0.5, 0.6) is 0 Å². The van der Waals surface area contributed by atoms with Gasteiger partial charge >= 0.3 is 0 Å². The third kappa shape index (κ3) is 3.04. The zero-order valence-corrected chi connectivity index (χ0v) is 14.5. The Labute approximate surface area is 149 Å². The average Bonchev–Trinajstić information content (AvgIpc) is 3.00. The maximum atomic E-state index is 12.3. The molecule has 1 aromatic carbocycles. The highest BCUT2D eigenvalue weighted by Gasteiger charge is 2.31. The predicted molar refractivity (Wildman–Crippen MR) is 93.6 cm³/mol. The first-order valence-electron chi connectivity index (χ1n) is 7.70. The number of anilines is 1. The van der Waals surface area contributed by atoms with E-state index in [-0.39, 0.29) is 18.8 Å². The van der Waals surface area contributed by atoms with Crippen LogP contribution >= 0.6 is 11.6 Å². The molecule has 25 heavy (non-hydrogen) atoms. The number of carbonyl (C=O) groups excluding carboxylic acids is 2. The number of nitrogens with one attached hydrogen (secondary N) is 1. The van der Waals surface area contributed by atoms with Gasteiger partial charge in [-0.2, -0.15) is 5.10 Å². The van der Waals surface area contributed by atoms with Gasteiger partial charge in [-0.15, -0.1) is 0 Å². The van der Waals surface area contributed by atoms with E-state index in [4.69, 9.17) is 16.7 Å². The molecule has 2 heterocycles. The fourth-order valence-electron chi connectivity index (χ4n) is 2.68. The first kappa shape index (κ1) is 17.2. The van der Waals surface area contributed by atoms with Crippen LogP contribution in [-0.4, -0.2) is 44.8 Å². The van der Waals surface area contributed by atoms with E-state index in [1.807, 2.05) is 32.0 Å². The summed E-state index contributed by atoms with van der Waals surface area (Å²) in [6.07, 6.45) is 1.23. The number of para-hydroxylation sites is 2. The predicted octanol–water partition coefficient (Wildman–Crippen LogP) is 1.80. The molecule has 0 saturated heterocycles. The Hall–Kier alpha value is -2.64. The molecule has 1 aliphatic rings. The molecule has 0 radical (unpaired) electrons. The summed E-state index contributed by atoms with van der Waals surface area (Å²) in [6, 6.07) is 7.28. The second kappa shape index (κ2) is 6.70. The second-order valence-corrected chi connectivity index (χ2v) is 5.99. The number of carbonyl (C=O) groups is 2. The number of rotatable bonds is 5. The highest BCUT2D eigenvalue weighted by Crippen LogP contribution is 2.28. The van der Waals surface area contributed by atoms with Gasteiger partial charge < -0.3 is 10.4 Å². The standard InChI is InChI=1S/C17H17ClN4O3/c1-10-16(18)11(2)22(20-10)14-6-4-3-5-12(14)19-13-9-15(24)21(7-8-23)17(13)25/h3-6,9,19,23H,7-8H2,1-2H3. The van der Waals surface area contributed by atoms with Crippen molar-refractivity contribution in [3.05, 3.63) is 52.4 Å². The van der Waals surface area contributed by atoms with Gasteiger partial charge in [-0.1, -0.05) is 23.7 Å². The van der Waals surface area contributed by atoms with Crippen LogP contribution < -0.4 is 5.32 Å². The molecular weight excluding hydrogens is 344 g/mol. The van der Waals surface area contributed by atoms with Gasteiger partial charge in [-0.25, -0.2) is 4.68 Å². The molecule has 1 aromatic heterocycles. The summed E-state index contributed by atoms with van der Waals surface area (Å²) in [4.78, 5) is 25.2. The van der Waals surface area contributed by atoms with Crippen molar-refractivity contribution in [3.8, 4) is 5.69 Å². The number of amides is 2. The molecule has 2 amide bonds. The molecule has 1 aliphatic heterocycles. The number of aromatic nitrogens is 2. The number of hydrogen-bond acceptors (Lipinski definition) is 5. The zero-order chi connectivity index (χ0) is 18.1. The molecule has 0 spiro atoms. The lowest BCUT2D eigenvalue weighted by Gasteiger charge is -2.15. The van der Waals surface area contributed by atoms with E-state index in [2.05, 4.69) is 10.4 Å². The van der Waals surface area contributed by atoms with Gasteiger partial charge in [-0.05, 0) is 26.0 Å². The molecule has 3 rings (SSSR count). The number of hydrogen-bond donors (Lipinski definition) is 2. The van der Waals surface area contributed by atoms with Crippen molar-refractivity contribution in [2.45, 2.75) is 13.8 Å². The Morgan fingerprint density at radius 3 is 2.60 bits per heavy atom. The molecule has 0 bridgehead atoms. The fourth-order valence-corrected chi connectivity index (χ4v) is 2.80.